The predicted octanol–water partition coefficient (Wildman–Crippen LogP) is 1.08. The van der Waals surface area contributed by atoms with Gasteiger partial charge in [-0.1, -0.05) is 6.07 Å². The number of nitrogen functional groups attached to an aromatic ring is 1. The van der Waals surface area contributed by atoms with Gasteiger partial charge in [0.2, 0.25) is 0 Å². The molecule has 0 aliphatic rings. The van der Waals surface area contributed by atoms with E-state index in [0.29, 0.717) is 17.1 Å². The topological polar surface area (TPSA) is 84.3 Å². The van der Waals surface area contributed by atoms with Crippen molar-refractivity contribution in [2.45, 2.75) is 0 Å². The highest BCUT2D eigenvalue weighted by Crippen LogP contribution is 2.35. The van der Waals surface area contributed by atoms with E-state index in [1.165, 1.54) is 10.7 Å². The molecule has 15 heavy (non-hydrogen) atoms. The summed E-state index contributed by atoms with van der Waals surface area (Å²) >= 11 is 0. The quantitative estimate of drug-likeness (QED) is 0.608. The molecule has 4 N–H and O–H groups in total. The van der Waals surface area contributed by atoms with Crippen LogP contribution in [0.2, 0.25) is 0 Å². The number of aryl methyl sites for hydroxylation is 1. The normalized spacial score (nSPS) is 10.5. The molecule has 2 aromatic rings. The van der Waals surface area contributed by atoms with Gasteiger partial charge in [-0.3, -0.25) is 4.68 Å². The lowest BCUT2D eigenvalue weighted by atomic mass is 10.1. The average molecular weight is 205 g/mol. The molecule has 2 rings (SSSR count). The van der Waals surface area contributed by atoms with Crippen molar-refractivity contribution < 1.29 is 10.2 Å². The Kier molecular flexibility index (Phi) is 2.00. The fourth-order valence-corrected chi connectivity index (χ4v) is 1.35. The number of anilines is 1. The van der Waals surface area contributed by atoms with Crippen LogP contribution in [-0.2, 0) is 7.05 Å². The van der Waals surface area contributed by atoms with Crippen molar-refractivity contribution >= 4 is 5.82 Å². The number of aromatic nitrogens is 2. The number of aromatic hydroxyl groups is 2. The van der Waals surface area contributed by atoms with Gasteiger partial charge in [0.15, 0.2) is 11.5 Å². The zero-order valence-corrected chi connectivity index (χ0v) is 8.18. The molecule has 0 aliphatic heterocycles. The zero-order valence-electron chi connectivity index (χ0n) is 8.18. The number of phenols is 2. The van der Waals surface area contributed by atoms with E-state index in [-0.39, 0.29) is 11.5 Å². The third-order valence-corrected chi connectivity index (χ3v) is 2.21. The number of nitrogens with zero attached hydrogens (tertiary/aromatic N) is 2. The second-order valence-electron chi connectivity index (χ2n) is 3.25. The Morgan fingerprint density at radius 3 is 2.67 bits per heavy atom. The van der Waals surface area contributed by atoms with E-state index in [9.17, 15) is 10.2 Å². The summed E-state index contributed by atoms with van der Waals surface area (Å²) in [5.41, 5.74) is 6.61. The third-order valence-electron chi connectivity index (χ3n) is 2.21. The van der Waals surface area contributed by atoms with Crippen LogP contribution in [0.25, 0.3) is 11.3 Å². The minimum Gasteiger partial charge on any atom is -0.504 e. The zero-order chi connectivity index (χ0) is 11.0. The minimum absolute atomic E-state index is 0.170. The molecule has 5 heteroatoms. The van der Waals surface area contributed by atoms with Gasteiger partial charge in [0, 0.05) is 18.7 Å². The fourth-order valence-electron chi connectivity index (χ4n) is 1.35. The first-order chi connectivity index (χ1) is 7.09. The molecule has 78 valence electrons. The molecule has 0 atom stereocenters. The van der Waals surface area contributed by atoms with Crippen molar-refractivity contribution in [2.24, 2.45) is 7.05 Å². The van der Waals surface area contributed by atoms with Crippen molar-refractivity contribution in [2.75, 3.05) is 5.73 Å². The number of hydrogen-bond donors (Lipinski definition) is 3. The molecular formula is C10H11N3O2. The third kappa shape index (κ3) is 1.48. The maximum absolute atomic E-state index is 9.61. The first kappa shape index (κ1) is 9.39. The highest BCUT2D eigenvalue weighted by atomic mass is 16.3. The van der Waals surface area contributed by atoms with Crippen molar-refractivity contribution in [3.63, 3.8) is 0 Å². The highest BCUT2D eigenvalue weighted by Gasteiger charge is 2.11. The number of para-hydroxylation sites is 1. The van der Waals surface area contributed by atoms with Crippen molar-refractivity contribution in [1.29, 1.82) is 0 Å². The standard InChI is InChI=1S/C10H11N3O2/c1-13-9(11)5-7(12-13)6-3-2-4-8(14)10(6)15/h2-5,14-15H,11H2,1H3. The summed E-state index contributed by atoms with van der Waals surface area (Å²) in [4.78, 5) is 0. The van der Waals surface area contributed by atoms with Gasteiger partial charge in [-0.25, -0.2) is 0 Å². The molecule has 1 aromatic heterocycles. The first-order valence-electron chi connectivity index (χ1n) is 4.40. The molecule has 0 spiro atoms. The lowest BCUT2D eigenvalue weighted by Gasteiger charge is -2.02. The van der Waals surface area contributed by atoms with E-state index in [1.54, 1.807) is 25.2 Å². The number of rotatable bonds is 1. The molecule has 0 unspecified atom stereocenters. The molecule has 1 heterocycles. The lowest BCUT2D eigenvalue weighted by molar-refractivity contribution is 0.405. The van der Waals surface area contributed by atoms with Crippen LogP contribution in [0.4, 0.5) is 5.82 Å². The Bertz CT molecular complexity index is 486. The Morgan fingerprint density at radius 1 is 1.33 bits per heavy atom. The van der Waals surface area contributed by atoms with Gasteiger partial charge in [0.1, 0.15) is 5.82 Å². The smallest absolute Gasteiger partial charge is 0.167 e. The van der Waals surface area contributed by atoms with E-state index in [1.807, 2.05) is 0 Å². The number of phenolic OH excluding ortho intramolecular Hbond substituents is 2. The molecule has 0 saturated heterocycles. The van der Waals surface area contributed by atoms with Crippen LogP contribution >= 0.6 is 0 Å². The van der Waals surface area contributed by atoms with Gasteiger partial charge >= 0.3 is 0 Å². The van der Waals surface area contributed by atoms with Crippen LogP contribution in [0.1, 0.15) is 0 Å². The van der Waals surface area contributed by atoms with Crippen LogP contribution in [-0.4, -0.2) is 20.0 Å². The van der Waals surface area contributed by atoms with Crippen molar-refractivity contribution in [1.82, 2.24) is 9.78 Å². The molecule has 0 bridgehead atoms. The molecule has 0 radical (unpaired) electrons. The van der Waals surface area contributed by atoms with Crippen LogP contribution in [0.15, 0.2) is 24.3 Å². The summed E-state index contributed by atoms with van der Waals surface area (Å²) in [6.45, 7) is 0. The van der Waals surface area contributed by atoms with Crippen LogP contribution in [0, 0.1) is 0 Å². The molecule has 0 saturated carbocycles. The first-order valence-corrected chi connectivity index (χ1v) is 4.40. The van der Waals surface area contributed by atoms with Crippen LogP contribution in [0.5, 0.6) is 11.5 Å². The second-order valence-corrected chi connectivity index (χ2v) is 3.25. The van der Waals surface area contributed by atoms with Gasteiger partial charge in [0.25, 0.3) is 0 Å². The van der Waals surface area contributed by atoms with Gasteiger partial charge in [-0.2, -0.15) is 5.10 Å². The van der Waals surface area contributed by atoms with E-state index >= 15 is 0 Å². The lowest BCUT2D eigenvalue weighted by Crippen LogP contribution is -1.96. The summed E-state index contributed by atoms with van der Waals surface area (Å²) in [6, 6.07) is 6.34. The summed E-state index contributed by atoms with van der Waals surface area (Å²) < 4.78 is 1.50. The Hall–Kier alpha value is -2.17. The summed E-state index contributed by atoms with van der Waals surface area (Å²) in [7, 11) is 1.71. The van der Waals surface area contributed by atoms with Crippen LogP contribution < -0.4 is 5.73 Å². The number of benzene rings is 1. The minimum atomic E-state index is -0.185. The van der Waals surface area contributed by atoms with Gasteiger partial charge in [-0.15, -0.1) is 0 Å². The molecule has 1 aromatic carbocycles. The number of hydrogen-bond acceptors (Lipinski definition) is 4. The van der Waals surface area contributed by atoms with Crippen molar-refractivity contribution in [3.05, 3.63) is 24.3 Å². The summed E-state index contributed by atoms with van der Waals surface area (Å²) in [5, 5.41) is 23.0. The van der Waals surface area contributed by atoms with Crippen molar-refractivity contribution in [3.8, 4) is 22.8 Å². The largest absolute Gasteiger partial charge is 0.504 e. The van der Waals surface area contributed by atoms with E-state index in [0.717, 1.165) is 0 Å². The monoisotopic (exact) mass is 205 g/mol. The van der Waals surface area contributed by atoms with E-state index in [2.05, 4.69) is 5.10 Å². The molecular weight excluding hydrogens is 194 g/mol. The van der Waals surface area contributed by atoms with Gasteiger partial charge < -0.3 is 15.9 Å². The molecule has 0 fully saturated rings. The summed E-state index contributed by atoms with van der Waals surface area (Å²) in [6.07, 6.45) is 0. The fraction of sp³-hybridized carbons (Fsp3) is 0.100. The van der Waals surface area contributed by atoms with Gasteiger partial charge in [-0.05, 0) is 12.1 Å². The number of nitrogens with two attached hydrogens (primary N) is 1. The summed E-state index contributed by atoms with van der Waals surface area (Å²) in [5.74, 6) is 0.139. The van der Waals surface area contributed by atoms with Crippen LogP contribution in [0.3, 0.4) is 0 Å². The Labute approximate surface area is 86.4 Å². The maximum Gasteiger partial charge on any atom is 0.167 e. The van der Waals surface area contributed by atoms with Gasteiger partial charge in [0.05, 0.1) is 5.69 Å². The van der Waals surface area contributed by atoms with E-state index < -0.39 is 0 Å². The molecule has 0 aliphatic carbocycles. The maximum atomic E-state index is 9.61. The Balaban J connectivity index is 2.59. The molecule has 5 nitrogen and oxygen atoms in total. The highest BCUT2D eigenvalue weighted by molar-refractivity contribution is 5.71. The molecule has 0 amide bonds. The second kappa shape index (κ2) is 3.20. The SMILES string of the molecule is Cn1nc(-c2cccc(O)c2O)cc1N. The van der Waals surface area contributed by atoms with E-state index in [4.69, 9.17) is 5.73 Å². The average Bonchev–Trinajstić information content (AvgIpc) is 2.51. The predicted molar refractivity (Wildman–Crippen MR) is 56.4 cm³/mol. The Morgan fingerprint density at radius 2 is 2.07 bits per heavy atom.